The number of carbonyl (C=O) groups is 4. The highest BCUT2D eigenvalue weighted by Gasteiger charge is 2.24. The van der Waals surface area contributed by atoms with Gasteiger partial charge in [0.05, 0.1) is 0 Å². The minimum atomic E-state index is -0.668. The SMILES string of the molecule is CCCCCCCC/C=C/CCCCCCCC(=O)NC(CSSCC(NC(=O)CCCCCCC/C=C/CCCCCCCC)C(=O)NCCCCCCCCCCCCCCCC)C(=O)NCCCCCC/C=C/CCCCCCCC. The van der Waals surface area contributed by atoms with Gasteiger partial charge in [-0.25, -0.2) is 0 Å². The molecule has 0 fully saturated rings. The summed E-state index contributed by atoms with van der Waals surface area (Å²) in [5.74, 6) is 0.340. The molecular weight excluding hydrogens is 1070 g/mol. The molecule has 4 amide bonds. The fraction of sp³-hybridized carbons (Fsp3) is 0.865. The molecule has 0 aliphatic heterocycles. The first-order valence-corrected chi connectivity index (χ1v) is 39.2. The smallest absolute Gasteiger partial charge is 0.243 e. The molecule has 0 aromatic carbocycles. The third-order valence-electron chi connectivity index (χ3n) is 16.5. The average molecular weight is 1210 g/mol. The van der Waals surface area contributed by atoms with Gasteiger partial charge in [-0.3, -0.25) is 19.2 Å². The molecule has 0 bridgehead atoms. The fourth-order valence-corrected chi connectivity index (χ4v) is 13.2. The normalized spacial score (nSPS) is 12.5. The lowest BCUT2D eigenvalue weighted by Crippen LogP contribution is -2.49. The summed E-state index contributed by atoms with van der Waals surface area (Å²) in [4.78, 5) is 54.2. The zero-order chi connectivity index (χ0) is 61.0. The monoisotopic (exact) mass is 1210 g/mol. The molecule has 0 rings (SSSR count). The highest BCUT2D eigenvalue weighted by atomic mass is 33.1. The van der Waals surface area contributed by atoms with Gasteiger partial charge in [-0.05, 0) is 103 Å². The van der Waals surface area contributed by atoms with Gasteiger partial charge in [-0.15, -0.1) is 0 Å². The van der Waals surface area contributed by atoms with Crippen molar-refractivity contribution in [1.29, 1.82) is 0 Å². The average Bonchev–Trinajstić information content (AvgIpc) is 3.49. The van der Waals surface area contributed by atoms with Crippen LogP contribution in [0.25, 0.3) is 0 Å². The molecule has 84 heavy (non-hydrogen) atoms. The summed E-state index contributed by atoms with van der Waals surface area (Å²) in [5.41, 5.74) is 0. The predicted octanol–water partition coefficient (Wildman–Crippen LogP) is 22.4. The number of hydrogen-bond acceptors (Lipinski definition) is 6. The second kappa shape index (κ2) is 69.9. The van der Waals surface area contributed by atoms with Gasteiger partial charge >= 0.3 is 0 Å². The van der Waals surface area contributed by atoms with Crippen molar-refractivity contribution in [2.75, 3.05) is 24.6 Å². The summed E-state index contributed by atoms with van der Waals surface area (Å²) in [6.45, 7) is 10.3. The largest absolute Gasteiger partial charge is 0.354 e. The molecule has 2 unspecified atom stereocenters. The standard InChI is InChI=1S/C74H140N4O4S2/c1-5-9-13-17-21-25-29-33-37-39-43-47-51-55-59-63-71(79)77-69(73(81)75-65-61-57-53-49-45-41-35-31-27-23-19-15-11-7-3)67-83-84-68-70(74(82)76-66-62-58-54-50-46-42-36-32-28-24-20-16-12-8-4)78-72(80)64-60-56-52-48-44-40-38-34-30-26-22-18-14-10-6-2/h33-35,37-38,41,69-70H,5-32,36,39-40,42-68H2,1-4H3,(H,75,81)(H,76,82)(H,77,79)(H,78,80)/b37-33+,38-34+,41-35+. The topological polar surface area (TPSA) is 116 Å². The molecule has 0 radical (unpaired) electrons. The van der Waals surface area contributed by atoms with E-state index in [1.807, 2.05) is 0 Å². The van der Waals surface area contributed by atoms with E-state index in [4.69, 9.17) is 0 Å². The maximum Gasteiger partial charge on any atom is 0.243 e. The van der Waals surface area contributed by atoms with E-state index in [2.05, 4.69) is 85.4 Å². The van der Waals surface area contributed by atoms with Gasteiger partial charge in [0.2, 0.25) is 23.6 Å². The molecule has 0 heterocycles. The first-order chi connectivity index (χ1) is 41.4. The Bertz CT molecular complexity index is 1510. The van der Waals surface area contributed by atoms with Crippen LogP contribution in [-0.2, 0) is 19.2 Å². The highest BCUT2D eigenvalue weighted by molar-refractivity contribution is 8.76. The number of rotatable bonds is 68. The van der Waals surface area contributed by atoms with Crippen LogP contribution in [0, 0.1) is 0 Å². The van der Waals surface area contributed by atoms with Crippen LogP contribution in [0.2, 0.25) is 0 Å². The molecule has 0 aliphatic rings. The molecular formula is C74H140N4O4S2. The van der Waals surface area contributed by atoms with Crippen molar-refractivity contribution in [3.05, 3.63) is 36.5 Å². The third-order valence-corrected chi connectivity index (χ3v) is 18.9. The lowest BCUT2D eigenvalue weighted by Gasteiger charge is -2.20. The van der Waals surface area contributed by atoms with Gasteiger partial charge in [0.1, 0.15) is 12.1 Å². The van der Waals surface area contributed by atoms with Gasteiger partial charge in [0.15, 0.2) is 0 Å². The number of nitrogens with one attached hydrogen (secondary N) is 4. The lowest BCUT2D eigenvalue weighted by atomic mass is 10.0. The van der Waals surface area contributed by atoms with Crippen molar-refractivity contribution >= 4 is 45.2 Å². The molecule has 492 valence electrons. The van der Waals surface area contributed by atoms with Crippen LogP contribution in [0.3, 0.4) is 0 Å². The summed E-state index contributed by atoms with van der Waals surface area (Å²) in [6, 6.07) is -1.33. The molecule has 0 aliphatic carbocycles. The molecule has 0 spiro atoms. The van der Waals surface area contributed by atoms with Crippen molar-refractivity contribution in [1.82, 2.24) is 21.3 Å². The van der Waals surface area contributed by atoms with Crippen LogP contribution in [0.15, 0.2) is 36.5 Å². The Morgan fingerprint density at radius 3 is 0.714 bits per heavy atom. The molecule has 8 nitrogen and oxygen atoms in total. The van der Waals surface area contributed by atoms with Gasteiger partial charge < -0.3 is 21.3 Å². The number of allylic oxidation sites excluding steroid dienone is 6. The van der Waals surface area contributed by atoms with E-state index in [9.17, 15) is 19.2 Å². The first-order valence-electron chi connectivity index (χ1n) is 36.7. The molecule has 0 saturated carbocycles. The van der Waals surface area contributed by atoms with E-state index in [-0.39, 0.29) is 23.6 Å². The van der Waals surface area contributed by atoms with Crippen molar-refractivity contribution < 1.29 is 19.2 Å². The van der Waals surface area contributed by atoms with Crippen molar-refractivity contribution in [2.24, 2.45) is 0 Å². The quantitative estimate of drug-likeness (QED) is 0.0274. The van der Waals surface area contributed by atoms with E-state index in [1.54, 1.807) is 0 Å². The molecule has 0 saturated heterocycles. The van der Waals surface area contributed by atoms with E-state index >= 15 is 0 Å². The van der Waals surface area contributed by atoms with Gasteiger partial charge in [0, 0.05) is 37.4 Å². The van der Waals surface area contributed by atoms with Crippen LogP contribution in [0.1, 0.15) is 374 Å². The lowest BCUT2D eigenvalue weighted by molar-refractivity contribution is -0.128. The second-order valence-corrected chi connectivity index (χ2v) is 27.4. The Labute approximate surface area is 530 Å². The molecule has 0 aromatic rings. The van der Waals surface area contributed by atoms with Crippen LogP contribution in [0.4, 0.5) is 0 Å². The maximum absolute atomic E-state index is 13.7. The van der Waals surface area contributed by atoms with E-state index in [0.717, 1.165) is 89.9 Å². The zero-order valence-corrected chi connectivity index (χ0v) is 57.7. The summed E-state index contributed by atoms with van der Waals surface area (Å²) >= 11 is 0. The Hall–Kier alpha value is -2.20. The number of unbranched alkanes of at least 4 members (excludes halogenated alkanes) is 45. The molecule has 0 aromatic heterocycles. The van der Waals surface area contributed by atoms with Crippen molar-refractivity contribution in [2.45, 2.75) is 387 Å². The van der Waals surface area contributed by atoms with Gasteiger partial charge in [-0.1, -0.05) is 317 Å². The summed E-state index contributed by atoms with van der Waals surface area (Å²) in [7, 11) is 3.00. The summed E-state index contributed by atoms with van der Waals surface area (Å²) in [6.07, 6.45) is 79.0. The van der Waals surface area contributed by atoms with E-state index in [1.165, 1.54) is 266 Å². The Kier molecular flexibility index (Phi) is 68.1. The van der Waals surface area contributed by atoms with Gasteiger partial charge in [0.25, 0.3) is 0 Å². The number of hydrogen-bond donors (Lipinski definition) is 4. The Balaban J connectivity index is 5.24. The van der Waals surface area contributed by atoms with Crippen LogP contribution in [0.5, 0.6) is 0 Å². The minimum Gasteiger partial charge on any atom is -0.354 e. The Morgan fingerprint density at radius 1 is 0.274 bits per heavy atom. The summed E-state index contributed by atoms with van der Waals surface area (Å²) in [5, 5.41) is 12.5. The predicted molar refractivity (Wildman–Crippen MR) is 374 cm³/mol. The van der Waals surface area contributed by atoms with Crippen LogP contribution < -0.4 is 21.3 Å². The van der Waals surface area contributed by atoms with Crippen molar-refractivity contribution in [3.63, 3.8) is 0 Å². The first kappa shape index (κ1) is 81.8. The number of carbonyl (C=O) groups excluding carboxylic acids is 4. The molecule has 4 N–H and O–H groups in total. The molecule has 2 atom stereocenters. The van der Waals surface area contributed by atoms with Crippen LogP contribution in [-0.4, -0.2) is 60.3 Å². The Morgan fingerprint density at radius 2 is 0.476 bits per heavy atom. The summed E-state index contributed by atoms with van der Waals surface area (Å²) < 4.78 is 0. The maximum atomic E-state index is 13.7. The number of amides is 4. The minimum absolute atomic E-state index is 0.0741. The molecule has 10 heteroatoms. The van der Waals surface area contributed by atoms with Crippen LogP contribution >= 0.6 is 21.6 Å². The van der Waals surface area contributed by atoms with Gasteiger partial charge in [-0.2, -0.15) is 0 Å². The van der Waals surface area contributed by atoms with E-state index < -0.39 is 12.1 Å². The highest BCUT2D eigenvalue weighted by Crippen LogP contribution is 2.24. The zero-order valence-electron chi connectivity index (χ0n) is 56.1. The van der Waals surface area contributed by atoms with Crippen molar-refractivity contribution in [3.8, 4) is 0 Å². The third kappa shape index (κ3) is 62.8. The fourth-order valence-electron chi connectivity index (χ4n) is 10.9. The second-order valence-electron chi connectivity index (χ2n) is 24.9. The van der Waals surface area contributed by atoms with E-state index in [0.29, 0.717) is 37.4 Å².